The summed E-state index contributed by atoms with van der Waals surface area (Å²) in [6, 6.07) is 7.94. The van der Waals surface area contributed by atoms with Crippen molar-refractivity contribution in [2.24, 2.45) is 5.92 Å². The highest BCUT2D eigenvalue weighted by atomic mass is 32.2. The van der Waals surface area contributed by atoms with E-state index in [0.717, 1.165) is 53.9 Å². The van der Waals surface area contributed by atoms with Crippen molar-refractivity contribution in [3.63, 3.8) is 0 Å². The first-order valence-corrected chi connectivity index (χ1v) is 8.96. The largest absolute Gasteiger partial charge is 0.496 e. The van der Waals surface area contributed by atoms with Gasteiger partial charge in [-0.3, -0.25) is 4.79 Å². The first-order chi connectivity index (χ1) is 11.7. The van der Waals surface area contributed by atoms with Gasteiger partial charge in [-0.05, 0) is 25.0 Å². The van der Waals surface area contributed by atoms with E-state index in [4.69, 9.17) is 9.47 Å². The fraction of sp³-hybridized carbons (Fsp3) is 0.471. The molecule has 24 heavy (non-hydrogen) atoms. The lowest BCUT2D eigenvalue weighted by atomic mass is 10.0. The number of carbonyl (C=O) groups is 1. The summed E-state index contributed by atoms with van der Waals surface area (Å²) >= 11 is 1.68. The van der Waals surface area contributed by atoms with Crippen LogP contribution in [0.4, 0.5) is 0 Å². The molecule has 0 N–H and O–H groups in total. The summed E-state index contributed by atoms with van der Waals surface area (Å²) in [4.78, 5) is 12.9. The summed E-state index contributed by atoms with van der Waals surface area (Å²) in [6.07, 6.45) is 2.29. The Labute approximate surface area is 145 Å². The number of hydrogen-bond acceptors (Lipinski definition) is 6. The predicted octanol–water partition coefficient (Wildman–Crippen LogP) is 2.70. The van der Waals surface area contributed by atoms with Crippen molar-refractivity contribution < 1.29 is 14.3 Å². The molecule has 0 spiro atoms. The Balaban J connectivity index is 1.69. The summed E-state index contributed by atoms with van der Waals surface area (Å²) in [5, 5.41) is 8.64. The fourth-order valence-corrected chi connectivity index (χ4v) is 3.90. The molecular formula is C17H21N3O3S. The maximum atomic E-state index is 11.8. The summed E-state index contributed by atoms with van der Waals surface area (Å²) in [5.74, 6) is 3.30. The van der Waals surface area contributed by atoms with Gasteiger partial charge in [0.15, 0.2) is 0 Å². The van der Waals surface area contributed by atoms with E-state index >= 15 is 0 Å². The van der Waals surface area contributed by atoms with Gasteiger partial charge in [0, 0.05) is 17.9 Å². The monoisotopic (exact) mass is 347 g/mol. The Kier molecular flexibility index (Phi) is 5.40. The summed E-state index contributed by atoms with van der Waals surface area (Å²) in [7, 11) is 3.12. The van der Waals surface area contributed by atoms with Crippen molar-refractivity contribution in [3.05, 3.63) is 35.9 Å². The van der Waals surface area contributed by atoms with Gasteiger partial charge in [0.1, 0.15) is 17.4 Å². The molecule has 0 amide bonds. The zero-order valence-corrected chi connectivity index (χ0v) is 14.7. The third kappa shape index (κ3) is 3.56. The molecule has 3 rings (SSSR count). The molecule has 7 heteroatoms. The van der Waals surface area contributed by atoms with Crippen LogP contribution in [0.5, 0.6) is 5.75 Å². The third-order valence-corrected chi connectivity index (χ3v) is 5.33. The average molecular weight is 347 g/mol. The lowest BCUT2D eigenvalue weighted by Gasteiger charge is -2.11. The zero-order chi connectivity index (χ0) is 16.9. The van der Waals surface area contributed by atoms with Crippen LogP contribution in [-0.2, 0) is 28.2 Å². The molecule has 1 atom stereocenters. The summed E-state index contributed by atoms with van der Waals surface area (Å²) in [6.45, 7) is 0.754. The van der Waals surface area contributed by atoms with Crippen LogP contribution in [0.15, 0.2) is 29.2 Å². The first kappa shape index (κ1) is 16.8. The van der Waals surface area contributed by atoms with Crippen LogP contribution in [0.3, 0.4) is 0 Å². The molecule has 0 bridgehead atoms. The van der Waals surface area contributed by atoms with Gasteiger partial charge < -0.3 is 14.0 Å². The van der Waals surface area contributed by atoms with Gasteiger partial charge in [0.2, 0.25) is 0 Å². The van der Waals surface area contributed by atoms with Crippen LogP contribution in [0.25, 0.3) is 0 Å². The van der Waals surface area contributed by atoms with E-state index in [1.165, 1.54) is 7.11 Å². The Morgan fingerprint density at radius 3 is 2.92 bits per heavy atom. The van der Waals surface area contributed by atoms with E-state index in [1.54, 1.807) is 18.9 Å². The number of aryl methyl sites for hydroxylation is 1. The van der Waals surface area contributed by atoms with E-state index in [0.29, 0.717) is 0 Å². The molecule has 0 aliphatic carbocycles. The lowest BCUT2D eigenvalue weighted by molar-refractivity contribution is -0.145. The molecule has 0 saturated carbocycles. The molecule has 1 aliphatic heterocycles. The van der Waals surface area contributed by atoms with E-state index in [1.807, 2.05) is 24.3 Å². The molecule has 2 aromatic rings. The number of para-hydroxylation sites is 1. The minimum atomic E-state index is -0.126. The van der Waals surface area contributed by atoms with Crippen molar-refractivity contribution in [1.29, 1.82) is 0 Å². The normalized spacial score (nSPS) is 17.0. The molecule has 6 nitrogen and oxygen atoms in total. The van der Waals surface area contributed by atoms with Crippen LogP contribution in [0.1, 0.15) is 24.5 Å². The Hall–Kier alpha value is -2.02. The maximum Gasteiger partial charge on any atom is 0.308 e. The van der Waals surface area contributed by atoms with Crippen LogP contribution < -0.4 is 4.74 Å². The Bertz CT molecular complexity index is 717. The van der Waals surface area contributed by atoms with Crippen molar-refractivity contribution in [2.75, 3.05) is 14.2 Å². The first-order valence-electron chi connectivity index (χ1n) is 7.97. The van der Waals surface area contributed by atoms with Crippen LogP contribution in [0.2, 0.25) is 0 Å². The molecule has 128 valence electrons. The van der Waals surface area contributed by atoms with Gasteiger partial charge >= 0.3 is 5.97 Å². The Morgan fingerprint density at radius 2 is 2.12 bits per heavy atom. The van der Waals surface area contributed by atoms with Gasteiger partial charge in [0.25, 0.3) is 0 Å². The maximum absolute atomic E-state index is 11.8. The number of methoxy groups -OCH3 is 2. The van der Waals surface area contributed by atoms with Gasteiger partial charge in [0.05, 0.1) is 25.9 Å². The van der Waals surface area contributed by atoms with Gasteiger partial charge in [-0.25, -0.2) is 0 Å². The number of carbonyl (C=O) groups excluding carboxylic acids is 1. The number of benzene rings is 1. The summed E-state index contributed by atoms with van der Waals surface area (Å²) < 4.78 is 12.4. The second-order valence-corrected chi connectivity index (χ2v) is 6.69. The molecule has 2 heterocycles. The van der Waals surface area contributed by atoms with E-state index in [2.05, 4.69) is 14.8 Å². The number of rotatable bonds is 5. The highest BCUT2D eigenvalue weighted by molar-refractivity contribution is 7.98. The number of nitrogens with zero attached hydrogens (tertiary/aromatic N) is 3. The van der Waals surface area contributed by atoms with E-state index in [-0.39, 0.29) is 11.9 Å². The quantitative estimate of drug-likeness (QED) is 0.612. The number of fused-ring (bicyclic) bond motifs is 1. The third-order valence-electron chi connectivity index (χ3n) is 4.28. The predicted molar refractivity (Wildman–Crippen MR) is 91.0 cm³/mol. The van der Waals surface area contributed by atoms with E-state index in [9.17, 15) is 4.79 Å². The van der Waals surface area contributed by atoms with Gasteiger partial charge in [-0.1, -0.05) is 12.1 Å². The van der Waals surface area contributed by atoms with Crippen LogP contribution in [-0.4, -0.2) is 35.0 Å². The van der Waals surface area contributed by atoms with Crippen LogP contribution >= 0.6 is 11.8 Å². The number of ether oxygens (including phenoxy) is 2. The highest BCUT2D eigenvalue weighted by Gasteiger charge is 2.25. The number of hydrogen-bond donors (Lipinski definition) is 0. The highest BCUT2D eigenvalue weighted by Crippen LogP contribution is 2.31. The average Bonchev–Trinajstić information content (AvgIpc) is 2.88. The van der Waals surface area contributed by atoms with Crippen LogP contribution in [0, 0.1) is 5.92 Å². The second-order valence-electron chi connectivity index (χ2n) is 5.67. The minimum absolute atomic E-state index is 0.0496. The molecule has 0 fully saturated rings. The van der Waals surface area contributed by atoms with Gasteiger partial charge in [-0.15, -0.1) is 22.0 Å². The summed E-state index contributed by atoms with van der Waals surface area (Å²) in [5.41, 5.74) is 0. The van der Waals surface area contributed by atoms with Gasteiger partial charge in [-0.2, -0.15) is 0 Å². The number of esters is 1. The molecular weight excluding hydrogens is 326 g/mol. The lowest BCUT2D eigenvalue weighted by Crippen LogP contribution is -2.17. The number of thioether (sulfide) groups is 1. The van der Waals surface area contributed by atoms with Crippen molar-refractivity contribution in [2.45, 2.75) is 36.5 Å². The fourth-order valence-electron chi connectivity index (χ4n) is 2.94. The molecule has 1 aromatic heterocycles. The minimum Gasteiger partial charge on any atom is -0.496 e. The van der Waals surface area contributed by atoms with Crippen molar-refractivity contribution >= 4 is 17.7 Å². The molecule has 1 aromatic carbocycles. The second kappa shape index (κ2) is 7.70. The molecule has 1 unspecified atom stereocenters. The van der Waals surface area contributed by atoms with Crippen molar-refractivity contribution in [3.8, 4) is 5.75 Å². The molecule has 0 radical (unpaired) electrons. The zero-order valence-electron chi connectivity index (χ0n) is 13.9. The standard InChI is InChI=1S/C17H21N3O3S/c1-22-13-5-3-4-6-14(13)24-11-16-19-18-15-8-7-12(17(21)23-2)9-10-20(15)16/h3-6,12H,7-11H2,1-2H3. The van der Waals surface area contributed by atoms with E-state index < -0.39 is 0 Å². The SMILES string of the molecule is COC(=O)C1CCc2nnc(CSc3ccccc3OC)n2CC1. The van der Waals surface area contributed by atoms with Crippen molar-refractivity contribution in [1.82, 2.24) is 14.8 Å². The molecule has 0 saturated heterocycles. The number of aromatic nitrogens is 3. The smallest absolute Gasteiger partial charge is 0.308 e. The molecule has 1 aliphatic rings. The Morgan fingerprint density at radius 1 is 1.29 bits per heavy atom. The topological polar surface area (TPSA) is 66.2 Å².